The first kappa shape index (κ1) is 19.5. The third-order valence-corrected chi connectivity index (χ3v) is 4.65. The second-order valence-corrected chi connectivity index (χ2v) is 7.12. The highest BCUT2D eigenvalue weighted by Gasteiger charge is 2.10. The third-order valence-electron chi connectivity index (χ3n) is 4.17. The van der Waals surface area contributed by atoms with Crippen LogP contribution in [0, 0.1) is 6.92 Å². The minimum atomic E-state index is 0.350. The maximum absolute atomic E-state index is 10.5. The SMILES string of the molecule is Cc1cc(CC[C]=O)nn1Cc1cc(Cl)ccc1OCc1ccc(Cl)cc1. The average Bonchev–Trinajstić information content (AvgIpc) is 3.00. The Balaban J connectivity index is 1.76. The molecule has 6 heteroatoms. The normalized spacial score (nSPS) is 10.8. The van der Waals surface area contributed by atoms with E-state index in [9.17, 15) is 4.79 Å². The third kappa shape index (κ3) is 5.34. The molecule has 0 unspecified atom stereocenters. The molecule has 0 aliphatic heterocycles. The first-order valence-corrected chi connectivity index (χ1v) is 9.35. The molecule has 0 amide bonds. The number of benzene rings is 2. The molecule has 0 atom stereocenters. The Hall–Kier alpha value is -2.30. The van der Waals surface area contributed by atoms with Crippen molar-refractivity contribution in [2.45, 2.75) is 32.9 Å². The van der Waals surface area contributed by atoms with Crippen LogP contribution in [0.25, 0.3) is 0 Å². The highest BCUT2D eigenvalue weighted by molar-refractivity contribution is 6.30. The number of ether oxygens (including phenoxy) is 1. The Morgan fingerprint density at radius 1 is 1.07 bits per heavy atom. The van der Waals surface area contributed by atoms with Crippen LogP contribution >= 0.6 is 23.2 Å². The fraction of sp³-hybridized carbons (Fsp3) is 0.238. The van der Waals surface area contributed by atoms with Crippen LogP contribution < -0.4 is 4.74 Å². The van der Waals surface area contributed by atoms with Gasteiger partial charge in [0, 0.05) is 27.7 Å². The summed E-state index contributed by atoms with van der Waals surface area (Å²) in [5.41, 5.74) is 3.86. The van der Waals surface area contributed by atoms with Gasteiger partial charge in [0.05, 0.1) is 12.2 Å². The van der Waals surface area contributed by atoms with Crippen molar-refractivity contribution < 1.29 is 9.53 Å². The largest absolute Gasteiger partial charge is 0.489 e. The van der Waals surface area contributed by atoms with Crippen LogP contribution in [-0.4, -0.2) is 16.1 Å². The molecule has 0 saturated heterocycles. The zero-order valence-corrected chi connectivity index (χ0v) is 16.4. The van der Waals surface area contributed by atoms with Gasteiger partial charge in [-0.05, 0) is 55.3 Å². The summed E-state index contributed by atoms with van der Waals surface area (Å²) in [6, 6.07) is 15.1. The van der Waals surface area contributed by atoms with Crippen LogP contribution in [0.3, 0.4) is 0 Å². The van der Waals surface area contributed by atoms with Crippen molar-refractivity contribution in [3.05, 3.63) is 81.1 Å². The van der Waals surface area contributed by atoms with Gasteiger partial charge < -0.3 is 4.74 Å². The van der Waals surface area contributed by atoms with Crippen LogP contribution in [0.1, 0.15) is 28.9 Å². The summed E-state index contributed by atoms with van der Waals surface area (Å²) in [6.45, 7) is 2.96. The van der Waals surface area contributed by atoms with Gasteiger partial charge in [-0.2, -0.15) is 5.10 Å². The molecule has 1 aromatic heterocycles. The molecule has 0 N–H and O–H groups in total. The molecule has 4 nitrogen and oxygen atoms in total. The summed E-state index contributed by atoms with van der Waals surface area (Å²) >= 11 is 12.1. The molecule has 0 aliphatic rings. The Morgan fingerprint density at radius 3 is 2.56 bits per heavy atom. The summed E-state index contributed by atoms with van der Waals surface area (Å²) in [6.07, 6.45) is 2.84. The Bertz CT molecular complexity index is 920. The quantitative estimate of drug-likeness (QED) is 0.522. The van der Waals surface area contributed by atoms with Crippen molar-refractivity contribution in [1.82, 2.24) is 9.78 Å². The van der Waals surface area contributed by atoms with E-state index in [2.05, 4.69) is 5.10 Å². The summed E-state index contributed by atoms with van der Waals surface area (Å²) in [4.78, 5) is 10.5. The maximum Gasteiger partial charge on any atom is 0.198 e. The van der Waals surface area contributed by atoms with E-state index in [1.54, 1.807) is 0 Å². The van der Waals surface area contributed by atoms with Gasteiger partial charge >= 0.3 is 0 Å². The Labute approximate surface area is 168 Å². The molecule has 0 fully saturated rings. The molecule has 1 radical (unpaired) electrons. The molecular formula is C21H19Cl2N2O2. The molecule has 0 spiro atoms. The summed E-state index contributed by atoms with van der Waals surface area (Å²) in [5.74, 6) is 0.757. The molecule has 3 aromatic rings. The monoisotopic (exact) mass is 401 g/mol. The van der Waals surface area contributed by atoms with E-state index in [1.807, 2.05) is 66.4 Å². The molecule has 2 aromatic carbocycles. The molecule has 139 valence electrons. The van der Waals surface area contributed by atoms with E-state index in [4.69, 9.17) is 27.9 Å². The van der Waals surface area contributed by atoms with Crippen molar-refractivity contribution in [3.63, 3.8) is 0 Å². The van der Waals surface area contributed by atoms with Crippen LogP contribution in [0.5, 0.6) is 5.75 Å². The number of hydrogen-bond acceptors (Lipinski definition) is 3. The lowest BCUT2D eigenvalue weighted by Gasteiger charge is -2.13. The van der Waals surface area contributed by atoms with Crippen molar-refractivity contribution >= 4 is 29.5 Å². The second-order valence-electron chi connectivity index (χ2n) is 6.25. The first-order valence-electron chi connectivity index (χ1n) is 8.59. The molecule has 0 aliphatic carbocycles. The van der Waals surface area contributed by atoms with Crippen LogP contribution in [0.4, 0.5) is 0 Å². The zero-order chi connectivity index (χ0) is 19.2. The molecule has 0 bridgehead atoms. The van der Waals surface area contributed by atoms with Crippen molar-refractivity contribution in [1.29, 1.82) is 0 Å². The van der Waals surface area contributed by atoms with E-state index in [1.165, 1.54) is 0 Å². The number of rotatable bonds is 8. The van der Waals surface area contributed by atoms with Gasteiger partial charge in [-0.25, -0.2) is 0 Å². The summed E-state index contributed by atoms with van der Waals surface area (Å²) in [5, 5.41) is 5.91. The first-order chi connectivity index (χ1) is 13.0. The number of nitrogens with zero attached hydrogens (tertiary/aromatic N) is 2. The molecule has 1 heterocycles. The lowest BCUT2D eigenvalue weighted by atomic mass is 10.2. The van der Waals surface area contributed by atoms with Crippen LogP contribution in [0.15, 0.2) is 48.5 Å². The van der Waals surface area contributed by atoms with Crippen molar-refractivity contribution in [2.24, 2.45) is 0 Å². The number of aryl methyl sites for hydroxylation is 2. The van der Waals surface area contributed by atoms with E-state index in [0.717, 1.165) is 28.3 Å². The minimum absolute atomic E-state index is 0.350. The number of halogens is 2. The molecule has 0 saturated carbocycles. The molecule has 3 rings (SSSR count). The van der Waals surface area contributed by atoms with Crippen molar-refractivity contribution in [3.8, 4) is 5.75 Å². The fourth-order valence-corrected chi connectivity index (χ4v) is 3.08. The van der Waals surface area contributed by atoms with Gasteiger partial charge in [-0.3, -0.25) is 9.48 Å². The Morgan fingerprint density at radius 2 is 1.81 bits per heavy atom. The number of carbonyl (C=O) groups excluding carboxylic acids is 1. The maximum atomic E-state index is 10.5. The lowest BCUT2D eigenvalue weighted by molar-refractivity contribution is 0.302. The van der Waals surface area contributed by atoms with E-state index < -0.39 is 0 Å². The molecular weight excluding hydrogens is 383 g/mol. The van der Waals surface area contributed by atoms with Gasteiger partial charge in [0.1, 0.15) is 12.4 Å². The topological polar surface area (TPSA) is 44.1 Å². The Kier molecular flexibility index (Phi) is 6.54. The highest BCUT2D eigenvalue weighted by Crippen LogP contribution is 2.25. The minimum Gasteiger partial charge on any atom is -0.489 e. The van der Waals surface area contributed by atoms with Gasteiger partial charge in [0.25, 0.3) is 0 Å². The predicted octanol–water partition coefficient (Wildman–Crippen LogP) is 5.17. The predicted molar refractivity (Wildman–Crippen MR) is 107 cm³/mol. The van der Waals surface area contributed by atoms with E-state index in [-0.39, 0.29) is 0 Å². The average molecular weight is 402 g/mol. The standard InChI is InChI=1S/C21H19Cl2N2O2/c1-15-11-20(3-2-10-26)24-25(15)13-17-12-19(23)8-9-21(17)27-14-16-4-6-18(22)7-5-16/h4-9,11-12H,2-3,13-14H2,1H3. The van der Waals surface area contributed by atoms with Crippen molar-refractivity contribution in [2.75, 3.05) is 0 Å². The van der Waals surface area contributed by atoms with Crippen LogP contribution in [0.2, 0.25) is 10.0 Å². The summed E-state index contributed by atoms with van der Waals surface area (Å²) < 4.78 is 7.90. The molecule has 27 heavy (non-hydrogen) atoms. The van der Waals surface area contributed by atoms with Gasteiger partial charge in [-0.15, -0.1) is 0 Å². The smallest absolute Gasteiger partial charge is 0.198 e. The summed E-state index contributed by atoms with van der Waals surface area (Å²) in [7, 11) is 0. The number of hydrogen-bond donors (Lipinski definition) is 0. The van der Waals surface area contributed by atoms with E-state index in [0.29, 0.717) is 36.0 Å². The zero-order valence-electron chi connectivity index (χ0n) is 14.9. The van der Waals surface area contributed by atoms with Gasteiger partial charge in [0.2, 0.25) is 0 Å². The fourth-order valence-electron chi connectivity index (χ4n) is 2.76. The number of aromatic nitrogens is 2. The van der Waals surface area contributed by atoms with Gasteiger partial charge in [-0.1, -0.05) is 35.3 Å². The lowest BCUT2D eigenvalue weighted by Crippen LogP contribution is -2.07. The van der Waals surface area contributed by atoms with Crippen LogP contribution in [-0.2, 0) is 24.4 Å². The highest BCUT2D eigenvalue weighted by atomic mass is 35.5. The van der Waals surface area contributed by atoms with Gasteiger partial charge in [0.15, 0.2) is 6.29 Å². The van der Waals surface area contributed by atoms with E-state index >= 15 is 0 Å². The second kappa shape index (κ2) is 9.07.